The van der Waals surface area contributed by atoms with Gasteiger partial charge in [0, 0.05) is 11.3 Å². The fraction of sp³-hybridized carbons (Fsp3) is 0.259. The van der Waals surface area contributed by atoms with Crippen molar-refractivity contribution >= 4 is 23.1 Å². The molecule has 1 atom stereocenters. The average molecular weight is 430 g/mol. The lowest BCUT2D eigenvalue weighted by Gasteiger charge is -2.25. The number of carbonyl (C=O) groups excluding carboxylic acids is 2. The average Bonchev–Trinajstić information content (AvgIpc) is 3.40. The van der Waals surface area contributed by atoms with Crippen LogP contribution in [0.15, 0.2) is 76.9 Å². The molecule has 0 saturated carbocycles. The van der Waals surface area contributed by atoms with E-state index in [0.717, 1.165) is 17.5 Å². The lowest BCUT2D eigenvalue weighted by molar-refractivity contribution is -0.132. The molecule has 2 aromatic carbocycles. The summed E-state index contributed by atoms with van der Waals surface area (Å²) in [6.45, 7) is 8.38. The molecule has 1 aliphatic heterocycles. The van der Waals surface area contributed by atoms with E-state index in [1.165, 1.54) is 11.2 Å². The standard InChI is InChI=1S/C27H27NO4/c1-5-17-8-10-18(11-9-17)24(29)22-23(21-7-6-16-32-21)28(26(31)25(22)30)20-14-12-19(13-15-20)27(2,3)4/h6-16,23,29H,5H2,1-4H3/b24-22-. The predicted octanol–water partition coefficient (Wildman–Crippen LogP) is 5.77. The van der Waals surface area contributed by atoms with E-state index in [-0.39, 0.29) is 16.7 Å². The Balaban J connectivity index is 1.84. The lowest BCUT2D eigenvalue weighted by atomic mass is 9.87. The Hall–Kier alpha value is -3.60. The van der Waals surface area contributed by atoms with E-state index < -0.39 is 17.7 Å². The molecular weight excluding hydrogens is 402 g/mol. The maximum atomic E-state index is 13.1. The monoisotopic (exact) mass is 429 g/mol. The SMILES string of the molecule is CCc1ccc(/C(O)=C2/C(=O)C(=O)N(c3ccc(C(C)(C)C)cc3)C2c2ccco2)cc1. The van der Waals surface area contributed by atoms with E-state index in [4.69, 9.17) is 4.42 Å². The number of anilines is 1. The van der Waals surface area contributed by atoms with Crippen LogP contribution in [0.5, 0.6) is 0 Å². The lowest BCUT2D eigenvalue weighted by Crippen LogP contribution is -2.29. The molecule has 1 aromatic heterocycles. The van der Waals surface area contributed by atoms with Gasteiger partial charge in [0.2, 0.25) is 0 Å². The zero-order valence-corrected chi connectivity index (χ0v) is 18.8. The number of ketones is 1. The number of amides is 1. The second-order valence-corrected chi connectivity index (χ2v) is 9.03. The molecule has 0 aliphatic carbocycles. The fourth-order valence-electron chi connectivity index (χ4n) is 3.99. The number of rotatable bonds is 4. The molecule has 1 saturated heterocycles. The van der Waals surface area contributed by atoms with Crippen molar-refractivity contribution in [2.75, 3.05) is 4.90 Å². The number of aliphatic hydroxyl groups excluding tert-OH is 1. The van der Waals surface area contributed by atoms with Crippen molar-refractivity contribution in [1.82, 2.24) is 0 Å². The van der Waals surface area contributed by atoms with E-state index in [1.54, 1.807) is 24.3 Å². The number of hydrogen-bond acceptors (Lipinski definition) is 4. The first-order chi connectivity index (χ1) is 15.2. The summed E-state index contributed by atoms with van der Waals surface area (Å²) in [5.41, 5.74) is 3.26. The minimum Gasteiger partial charge on any atom is -0.507 e. The smallest absolute Gasteiger partial charge is 0.300 e. The highest BCUT2D eigenvalue weighted by atomic mass is 16.3. The Morgan fingerprint density at radius 1 is 1.00 bits per heavy atom. The highest BCUT2D eigenvalue weighted by Crippen LogP contribution is 2.42. The number of furan rings is 1. The van der Waals surface area contributed by atoms with Gasteiger partial charge in [-0.1, -0.05) is 64.1 Å². The minimum absolute atomic E-state index is 0.0223. The van der Waals surface area contributed by atoms with E-state index in [0.29, 0.717) is 17.0 Å². The summed E-state index contributed by atoms with van der Waals surface area (Å²) in [5, 5.41) is 11.1. The highest BCUT2D eigenvalue weighted by molar-refractivity contribution is 6.51. The van der Waals surface area contributed by atoms with Gasteiger partial charge >= 0.3 is 0 Å². The molecule has 1 unspecified atom stereocenters. The first-order valence-electron chi connectivity index (χ1n) is 10.8. The molecule has 1 N–H and O–H groups in total. The normalized spacial score (nSPS) is 18.4. The molecule has 164 valence electrons. The van der Waals surface area contributed by atoms with Gasteiger partial charge in [-0.05, 0) is 47.2 Å². The number of Topliss-reactive ketones (excluding diaryl/α,β-unsaturated/α-hetero) is 1. The van der Waals surface area contributed by atoms with Gasteiger partial charge in [-0.15, -0.1) is 0 Å². The quantitative estimate of drug-likeness (QED) is 0.325. The molecule has 1 aliphatic rings. The van der Waals surface area contributed by atoms with Crippen molar-refractivity contribution in [1.29, 1.82) is 0 Å². The summed E-state index contributed by atoms with van der Waals surface area (Å²) < 4.78 is 5.61. The molecule has 1 fully saturated rings. The summed E-state index contributed by atoms with van der Waals surface area (Å²) in [6, 6.07) is 17.5. The van der Waals surface area contributed by atoms with Gasteiger partial charge in [0.05, 0.1) is 11.8 Å². The number of carbonyl (C=O) groups is 2. The Bertz CT molecular complexity index is 1160. The van der Waals surface area contributed by atoms with Crippen LogP contribution in [0.4, 0.5) is 5.69 Å². The van der Waals surface area contributed by atoms with Gasteiger partial charge in [-0.3, -0.25) is 14.5 Å². The number of aliphatic hydroxyl groups is 1. The second-order valence-electron chi connectivity index (χ2n) is 9.03. The van der Waals surface area contributed by atoms with Gasteiger partial charge < -0.3 is 9.52 Å². The summed E-state index contributed by atoms with van der Waals surface area (Å²) >= 11 is 0. The van der Waals surface area contributed by atoms with E-state index in [2.05, 4.69) is 20.8 Å². The second kappa shape index (κ2) is 8.15. The van der Waals surface area contributed by atoms with Crippen molar-refractivity contribution in [3.05, 3.63) is 95.0 Å². The Morgan fingerprint density at radius 3 is 2.19 bits per heavy atom. The predicted molar refractivity (Wildman–Crippen MR) is 124 cm³/mol. The maximum absolute atomic E-state index is 13.1. The van der Waals surface area contributed by atoms with Crippen LogP contribution in [0.1, 0.15) is 56.2 Å². The van der Waals surface area contributed by atoms with Crippen LogP contribution in [0, 0.1) is 0 Å². The van der Waals surface area contributed by atoms with Crippen molar-refractivity contribution < 1.29 is 19.1 Å². The van der Waals surface area contributed by atoms with Crippen LogP contribution in [0.3, 0.4) is 0 Å². The van der Waals surface area contributed by atoms with Gasteiger partial charge in [0.1, 0.15) is 17.6 Å². The van der Waals surface area contributed by atoms with Crippen molar-refractivity contribution in [2.45, 2.75) is 45.6 Å². The molecule has 0 bridgehead atoms. The third-order valence-electron chi connectivity index (χ3n) is 5.90. The zero-order valence-electron chi connectivity index (χ0n) is 18.8. The maximum Gasteiger partial charge on any atom is 0.300 e. The molecule has 3 aromatic rings. The van der Waals surface area contributed by atoms with Crippen LogP contribution >= 0.6 is 0 Å². The van der Waals surface area contributed by atoms with E-state index in [1.807, 2.05) is 43.3 Å². The molecule has 1 amide bonds. The number of benzene rings is 2. The van der Waals surface area contributed by atoms with Crippen LogP contribution < -0.4 is 4.90 Å². The molecular formula is C27H27NO4. The fourth-order valence-corrected chi connectivity index (χ4v) is 3.99. The first kappa shape index (κ1) is 21.6. The van der Waals surface area contributed by atoms with Crippen LogP contribution in [-0.4, -0.2) is 16.8 Å². The van der Waals surface area contributed by atoms with Gasteiger partial charge in [0.25, 0.3) is 11.7 Å². The van der Waals surface area contributed by atoms with Gasteiger partial charge in [-0.25, -0.2) is 0 Å². The summed E-state index contributed by atoms with van der Waals surface area (Å²) in [6.07, 6.45) is 2.36. The Labute approximate surface area is 188 Å². The largest absolute Gasteiger partial charge is 0.507 e. The molecule has 0 radical (unpaired) electrons. The third kappa shape index (κ3) is 3.75. The summed E-state index contributed by atoms with van der Waals surface area (Å²) in [7, 11) is 0. The Morgan fingerprint density at radius 2 is 1.66 bits per heavy atom. The highest BCUT2D eigenvalue weighted by Gasteiger charge is 2.48. The van der Waals surface area contributed by atoms with Crippen LogP contribution in [0.25, 0.3) is 5.76 Å². The van der Waals surface area contributed by atoms with Crippen LogP contribution in [-0.2, 0) is 21.4 Å². The minimum atomic E-state index is -0.851. The Kier molecular flexibility index (Phi) is 5.51. The topological polar surface area (TPSA) is 70.8 Å². The molecule has 32 heavy (non-hydrogen) atoms. The number of hydrogen-bond donors (Lipinski definition) is 1. The van der Waals surface area contributed by atoms with Gasteiger partial charge in [0.15, 0.2) is 0 Å². The number of nitrogens with zero attached hydrogens (tertiary/aromatic N) is 1. The third-order valence-corrected chi connectivity index (χ3v) is 5.90. The van der Waals surface area contributed by atoms with Crippen LogP contribution in [0.2, 0.25) is 0 Å². The number of aryl methyl sites for hydroxylation is 1. The summed E-state index contributed by atoms with van der Waals surface area (Å²) in [4.78, 5) is 27.6. The zero-order chi connectivity index (χ0) is 23.0. The van der Waals surface area contributed by atoms with Crippen molar-refractivity contribution in [3.63, 3.8) is 0 Å². The van der Waals surface area contributed by atoms with Crippen molar-refractivity contribution in [3.8, 4) is 0 Å². The molecule has 0 spiro atoms. The molecule has 4 rings (SSSR count). The molecule has 5 nitrogen and oxygen atoms in total. The summed E-state index contributed by atoms with van der Waals surface area (Å²) in [5.74, 6) is -1.22. The first-order valence-corrected chi connectivity index (χ1v) is 10.8. The van der Waals surface area contributed by atoms with E-state index in [9.17, 15) is 14.7 Å². The molecule has 5 heteroatoms. The van der Waals surface area contributed by atoms with E-state index >= 15 is 0 Å². The molecule has 2 heterocycles. The van der Waals surface area contributed by atoms with Crippen molar-refractivity contribution in [2.24, 2.45) is 0 Å². The van der Waals surface area contributed by atoms with Gasteiger partial charge in [-0.2, -0.15) is 0 Å².